The second-order valence-corrected chi connectivity index (χ2v) is 15.2. The molecule has 0 amide bonds. The Morgan fingerprint density at radius 2 is 0.700 bits per heavy atom. The van der Waals surface area contributed by atoms with Crippen molar-refractivity contribution in [1.82, 2.24) is 0 Å². The van der Waals surface area contributed by atoms with Crippen LogP contribution in [0.2, 0.25) is 0 Å². The van der Waals surface area contributed by atoms with Crippen LogP contribution >= 0.6 is 0 Å². The van der Waals surface area contributed by atoms with Crippen LogP contribution in [0.3, 0.4) is 0 Å². The van der Waals surface area contributed by atoms with Gasteiger partial charge in [0.25, 0.3) is 0 Å². The molecule has 0 unspecified atom stereocenters. The summed E-state index contributed by atoms with van der Waals surface area (Å²) in [5.74, 6) is 0. The maximum atomic E-state index is 2.44. The zero-order valence-corrected chi connectivity index (χ0v) is 25.5. The summed E-state index contributed by atoms with van der Waals surface area (Å²) in [6, 6.07) is 32.5. The Balaban J connectivity index is 1.65. The van der Waals surface area contributed by atoms with Crippen LogP contribution in [-0.4, -0.2) is 0 Å². The molecule has 0 heteroatoms. The van der Waals surface area contributed by atoms with Gasteiger partial charge >= 0.3 is 0 Å². The van der Waals surface area contributed by atoms with Gasteiger partial charge in [-0.1, -0.05) is 140 Å². The van der Waals surface area contributed by atoms with Gasteiger partial charge in [0.2, 0.25) is 0 Å². The molecule has 0 aliphatic heterocycles. The Morgan fingerprint density at radius 3 is 1.02 bits per heavy atom. The van der Waals surface area contributed by atoms with Crippen LogP contribution < -0.4 is 0 Å². The summed E-state index contributed by atoms with van der Waals surface area (Å²) in [6.45, 7) is 19.5. The van der Waals surface area contributed by atoms with Crippen LogP contribution in [0.25, 0.3) is 43.8 Å². The van der Waals surface area contributed by atoms with Gasteiger partial charge in [-0.05, 0) is 101 Å². The minimum absolute atomic E-state index is 0.117. The second kappa shape index (κ2) is 8.10. The molecule has 40 heavy (non-hydrogen) atoms. The number of hydrogen-bond acceptors (Lipinski definition) is 0. The van der Waals surface area contributed by atoms with E-state index in [1.165, 1.54) is 78.9 Å². The first kappa shape index (κ1) is 25.6. The summed E-state index contributed by atoms with van der Waals surface area (Å²) < 4.78 is 0. The molecule has 0 radical (unpaired) electrons. The van der Waals surface area contributed by atoms with Gasteiger partial charge in [-0.2, -0.15) is 0 Å². The van der Waals surface area contributed by atoms with Crippen molar-refractivity contribution in [2.75, 3.05) is 0 Å². The maximum Gasteiger partial charge on any atom is -0.00233 e. The molecule has 0 fully saturated rings. The zero-order chi connectivity index (χ0) is 28.2. The molecule has 5 aromatic carbocycles. The summed E-state index contributed by atoms with van der Waals surface area (Å²) in [5, 5.41) is 5.44. The smallest absolute Gasteiger partial charge is 0.00233 e. The molecule has 2 aliphatic rings. The summed E-state index contributed by atoms with van der Waals surface area (Å²) in [5.41, 5.74) is 12.3. The van der Waals surface area contributed by atoms with Crippen LogP contribution in [0.15, 0.2) is 84.9 Å². The Bertz CT molecular complexity index is 1650. The Morgan fingerprint density at radius 1 is 0.375 bits per heavy atom. The number of fused-ring (bicyclic) bond motifs is 4. The van der Waals surface area contributed by atoms with E-state index in [0.29, 0.717) is 0 Å². The minimum Gasteiger partial charge on any atom is -0.0616 e. The fourth-order valence-electron chi connectivity index (χ4n) is 9.39. The summed E-state index contributed by atoms with van der Waals surface area (Å²) >= 11 is 0. The average Bonchev–Trinajstić information content (AvgIpc) is 3.22. The van der Waals surface area contributed by atoms with Gasteiger partial charge in [0.15, 0.2) is 0 Å². The molecule has 0 saturated carbocycles. The lowest BCUT2D eigenvalue weighted by molar-refractivity contribution is 0.403. The van der Waals surface area contributed by atoms with Gasteiger partial charge in [0, 0.05) is 0 Å². The monoisotopic (exact) mass is 522 g/mol. The van der Waals surface area contributed by atoms with Gasteiger partial charge in [0.1, 0.15) is 0 Å². The van der Waals surface area contributed by atoms with E-state index < -0.39 is 0 Å². The standard InChI is InChI=1S/C40H42/c1-37(2)23-39(5,6)35-29(19-13-21-31(35)37)33-25-15-9-11-17-27(25)34(28-18-12-10-16-26(28)33)30-20-14-22-32-36(30)40(7,8)24-38(32,3)4/h9-22H,23-24H2,1-8H3. The molecule has 7 rings (SSSR count). The molecule has 0 saturated heterocycles. The third kappa shape index (κ3) is 3.44. The molecule has 0 atom stereocenters. The summed E-state index contributed by atoms with van der Waals surface area (Å²) in [6.07, 6.45) is 2.34. The maximum absolute atomic E-state index is 2.44. The van der Waals surface area contributed by atoms with E-state index in [4.69, 9.17) is 0 Å². The minimum atomic E-state index is 0.117. The molecule has 0 nitrogen and oxygen atoms in total. The van der Waals surface area contributed by atoms with Crippen molar-refractivity contribution in [3.63, 3.8) is 0 Å². The average molecular weight is 523 g/mol. The molecule has 0 heterocycles. The van der Waals surface area contributed by atoms with Gasteiger partial charge in [-0.3, -0.25) is 0 Å². The van der Waals surface area contributed by atoms with Crippen molar-refractivity contribution < 1.29 is 0 Å². The molecule has 2 aliphatic carbocycles. The highest BCUT2D eigenvalue weighted by molar-refractivity contribution is 6.22. The topological polar surface area (TPSA) is 0 Å². The first-order valence-electron chi connectivity index (χ1n) is 15.1. The van der Waals surface area contributed by atoms with Gasteiger partial charge in [-0.25, -0.2) is 0 Å². The van der Waals surface area contributed by atoms with E-state index in [1.54, 1.807) is 0 Å². The molecule has 202 valence electrons. The number of benzene rings is 5. The van der Waals surface area contributed by atoms with E-state index in [0.717, 1.165) is 0 Å². The van der Waals surface area contributed by atoms with Crippen molar-refractivity contribution in [2.24, 2.45) is 0 Å². The van der Waals surface area contributed by atoms with Crippen LogP contribution in [0.5, 0.6) is 0 Å². The van der Waals surface area contributed by atoms with E-state index >= 15 is 0 Å². The van der Waals surface area contributed by atoms with Gasteiger partial charge < -0.3 is 0 Å². The number of hydrogen-bond donors (Lipinski definition) is 0. The fourth-order valence-corrected chi connectivity index (χ4v) is 9.39. The summed E-state index contributed by atoms with van der Waals surface area (Å²) in [4.78, 5) is 0. The molecule has 0 bridgehead atoms. The van der Waals surface area contributed by atoms with Crippen LogP contribution in [0.4, 0.5) is 0 Å². The molecule has 0 aromatic heterocycles. The molecular formula is C40H42. The third-order valence-electron chi connectivity index (χ3n) is 10.2. The van der Waals surface area contributed by atoms with E-state index in [9.17, 15) is 0 Å². The lowest BCUT2D eigenvalue weighted by Gasteiger charge is -2.27. The van der Waals surface area contributed by atoms with Crippen molar-refractivity contribution in [1.29, 1.82) is 0 Å². The zero-order valence-electron chi connectivity index (χ0n) is 25.5. The predicted octanol–water partition coefficient (Wildman–Crippen LogP) is 11.2. The van der Waals surface area contributed by atoms with Gasteiger partial charge in [0.05, 0.1) is 0 Å². The molecule has 5 aromatic rings. The lowest BCUT2D eigenvalue weighted by Crippen LogP contribution is -2.18. The van der Waals surface area contributed by atoms with Crippen LogP contribution in [0.1, 0.15) is 90.5 Å². The lowest BCUT2D eigenvalue weighted by atomic mass is 9.76. The fraction of sp³-hybridized carbons (Fsp3) is 0.350. The summed E-state index contributed by atoms with van der Waals surface area (Å²) in [7, 11) is 0. The predicted molar refractivity (Wildman–Crippen MR) is 174 cm³/mol. The first-order valence-corrected chi connectivity index (χ1v) is 15.1. The Kier molecular flexibility index (Phi) is 5.18. The largest absolute Gasteiger partial charge is 0.0616 e. The van der Waals surface area contributed by atoms with Crippen molar-refractivity contribution in [3.05, 3.63) is 107 Å². The second-order valence-electron chi connectivity index (χ2n) is 15.2. The van der Waals surface area contributed by atoms with Crippen molar-refractivity contribution >= 4 is 21.5 Å². The number of rotatable bonds is 2. The first-order chi connectivity index (χ1) is 18.8. The van der Waals surface area contributed by atoms with E-state index in [1.807, 2.05) is 0 Å². The molecular weight excluding hydrogens is 480 g/mol. The quantitative estimate of drug-likeness (QED) is 0.202. The highest BCUT2D eigenvalue weighted by Crippen LogP contribution is 2.57. The van der Waals surface area contributed by atoms with Crippen LogP contribution in [0, 0.1) is 0 Å². The highest BCUT2D eigenvalue weighted by atomic mass is 14.5. The SMILES string of the molecule is CC1(C)CC(C)(C)c2c(-c3c4ccccc4c(-c4cccc5c4C(C)(C)CC5(C)C)c4ccccc34)cccc21. The molecule has 0 N–H and O–H groups in total. The van der Waals surface area contributed by atoms with E-state index in [2.05, 4.69) is 140 Å². The van der Waals surface area contributed by atoms with E-state index in [-0.39, 0.29) is 21.7 Å². The van der Waals surface area contributed by atoms with Gasteiger partial charge in [-0.15, -0.1) is 0 Å². The third-order valence-corrected chi connectivity index (χ3v) is 10.2. The highest BCUT2D eigenvalue weighted by Gasteiger charge is 2.45. The Hall–Kier alpha value is -3.38. The normalized spacial score (nSPS) is 19.6. The van der Waals surface area contributed by atoms with Crippen molar-refractivity contribution in [3.8, 4) is 22.3 Å². The van der Waals surface area contributed by atoms with Crippen molar-refractivity contribution in [2.45, 2.75) is 89.9 Å². The molecule has 0 spiro atoms. The van der Waals surface area contributed by atoms with Crippen LogP contribution in [-0.2, 0) is 21.7 Å². The Labute approximate surface area is 240 Å².